The van der Waals surface area contributed by atoms with Gasteiger partial charge in [0.05, 0.1) is 12.2 Å². The van der Waals surface area contributed by atoms with Gasteiger partial charge in [0.15, 0.2) is 5.17 Å². The van der Waals surface area contributed by atoms with Gasteiger partial charge in [-0.25, -0.2) is 4.79 Å². The molecule has 1 aromatic carbocycles. The van der Waals surface area contributed by atoms with Crippen LogP contribution < -0.4 is 5.32 Å². The van der Waals surface area contributed by atoms with Crippen molar-refractivity contribution in [3.8, 4) is 0 Å². The Morgan fingerprint density at radius 2 is 2.11 bits per heavy atom. The van der Waals surface area contributed by atoms with Crippen molar-refractivity contribution in [2.24, 2.45) is 4.99 Å². The highest BCUT2D eigenvalue weighted by Crippen LogP contribution is 2.31. The first-order valence-corrected chi connectivity index (χ1v) is 10.1. The Hall–Kier alpha value is -2.35. The molecule has 0 radical (unpaired) electrons. The van der Waals surface area contributed by atoms with Crippen molar-refractivity contribution in [3.05, 3.63) is 29.8 Å². The highest BCUT2D eigenvalue weighted by atomic mass is 32.2. The van der Waals surface area contributed by atoms with Crippen molar-refractivity contribution in [1.29, 1.82) is 0 Å². The topological polar surface area (TPSA) is 88.1 Å². The molecule has 2 heterocycles. The monoisotopic (exact) mass is 389 g/mol. The predicted molar refractivity (Wildman–Crippen MR) is 105 cm³/mol. The van der Waals surface area contributed by atoms with E-state index in [1.807, 2.05) is 6.92 Å². The Labute approximate surface area is 162 Å². The van der Waals surface area contributed by atoms with Crippen LogP contribution in [-0.2, 0) is 14.3 Å². The number of nitrogens with one attached hydrogen (secondary N) is 1. The minimum atomic E-state index is -0.422. The summed E-state index contributed by atoms with van der Waals surface area (Å²) in [5, 5.41) is 3.08. The van der Waals surface area contributed by atoms with Crippen LogP contribution in [0.3, 0.4) is 0 Å². The molecule has 0 aromatic heterocycles. The molecule has 2 amide bonds. The number of aliphatic imine (C=N–C) groups is 1. The molecular formula is C19H23N3O4S. The lowest BCUT2D eigenvalue weighted by atomic mass is 10.2. The summed E-state index contributed by atoms with van der Waals surface area (Å²) in [6.07, 6.45) is 2.76. The Balaban J connectivity index is 1.51. The number of anilines is 1. The van der Waals surface area contributed by atoms with Crippen molar-refractivity contribution in [1.82, 2.24) is 4.90 Å². The zero-order valence-electron chi connectivity index (χ0n) is 15.3. The average Bonchev–Trinajstić information content (AvgIpc) is 2.98. The van der Waals surface area contributed by atoms with E-state index >= 15 is 0 Å². The molecular weight excluding hydrogens is 366 g/mol. The lowest BCUT2D eigenvalue weighted by molar-refractivity contribution is -0.128. The second-order valence-corrected chi connectivity index (χ2v) is 7.60. The van der Waals surface area contributed by atoms with E-state index < -0.39 is 5.25 Å². The van der Waals surface area contributed by atoms with Crippen LogP contribution in [0.1, 0.15) is 43.0 Å². The molecule has 2 aliphatic rings. The molecule has 0 bridgehead atoms. The normalized spacial score (nSPS) is 18.7. The number of nitrogens with zero attached hydrogens (tertiary/aromatic N) is 2. The number of hydrogen-bond donors (Lipinski definition) is 1. The second kappa shape index (κ2) is 9.03. The first-order chi connectivity index (χ1) is 13.1. The first kappa shape index (κ1) is 19.4. The van der Waals surface area contributed by atoms with Gasteiger partial charge in [-0.05, 0) is 37.1 Å². The molecule has 0 saturated carbocycles. The van der Waals surface area contributed by atoms with Gasteiger partial charge >= 0.3 is 5.97 Å². The summed E-state index contributed by atoms with van der Waals surface area (Å²) in [5.41, 5.74) is 1.02. The Morgan fingerprint density at radius 1 is 1.33 bits per heavy atom. The van der Waals surface area contributed by atoms with Crippen LogP contribution in [0, 0.1) is 0 Å². The molecule has 1 N–H and O–H groups in total. The molecule has 0 aliphatic carbocycles. The first-order valence-electron chi connectivity index (χ1n) is 9.18. The van der Waals surface area contributed by atoms with Gasteiger partial charge < -0.3 is 10.1 Å². The van der Waals surface area contributed by atoms with Crippen molar-refractivity contribution in [2.75, 3.05) is 25.0 Å². The van der Waals surface area contributed by atoms with Gasteiger partial charge in [0, 0.05) is 25.2 Å². The highest BCUT2D eigenvalue weighted by molar-refractivity contribution is 8.15. The Bertz CT molecular complexity index is 748. The molecule has 8 heteroatoms. The molecule has 1 saturated heterocycles. The molecule has 27 heavy (non-hydrogen) atoms. The number of carbonyl (C=O) groups excluding carboxylic acids is 3. The largest absolute Gasteiger partial charge is 0.462 e. The van der Waals surface area contributed by atoms with E-state index in [-0.39, 0.29) is 24.2 Å². The Kier molecular flexibility index (Phi) is 6.49. The summed E-state index contributed by atoms with van der Waals surface area (Å²) in [4.78, 5) is 42.5. The highest BCUT2D eigenvalue weighted by Gasteiger charge is 2.39. The van der Waals surface area contributed by atoms with Crippen molar-refractivity contribution < 1.29 is 19.1 Å². The molecule has 2 aliphatic heterocycles. The van der Waals surface area contributed by atoms with Crippen LogP contribution >= 0.6 is 11.8 Å². The minimum Gasteiger partial charge on any atom is -0.462 e. The van der Waals surface area contributed by atoms with Gasteiger partial charge in [0.2, 0.25) is 11.8 Å². The van der Waals surface area contributed by atoms with Gasteiger partial charge in [0.25, 0.3) is 0 Å². The fourth-order valence-electron chi connectivity index (χ4n) is 2.83. The summed E-state index contributed by atoms with van der Waals surface area (Å²) in [6, 6.07) is 6.55. The zero-order chi connectivity index (χ0) is 19.2. The van der Waals surface area contributed by atoms with Gasteiger partial charge in [0.1, 0.15) is 5.25 Å². The number of amides is 2. The number of ether oxygens (including phenoxy) is 1. The van der Waals surface area contributed by atoms with E-state index in [2.05, 4.69) is 10.3 Å². The molecule has 0 unspecified atom stereocenters. The fraction of sp³-hybridized carbons (Fsp3) is 0.474. The second-order valence-electron chi connectivity index (χ2n) is 6.43. The number of carbonyl (C=O) groups is 3. The molecule has 1 atom stereocenters. The van der Waals surface area contributed by atoms with Crippen molar-refractivity contribution in [3.63, 3.8) is 0 Å². The zero-order valence-corrected chi connectivity index (χ0v) is 16.1. The summed E-state index contributed by atoms with van der Waals surface area (Å²) < 4.78 is 5.15. The van der Waals surface area contributed by atoms with Gasteiger partial charge in [-0.3, -0.25) is 19.5 Å². The molecule has 7 nitrogen and oxygen atoms in total. The smallest absolute Gasteiger partial charge is 0.338 e. The maximum atomic E-state index is 12.3. The van der Waals surface area contributed by atoms with E-state index in [9.17, 15) is 14.4 Å². The van der Waals surface area contributed by atoms with Crippen LogP contribution in [0.2, 0.25) is 0 Å². The Morgan fingerprint density at radius 3 is 2.81 bits per heavy atom. The van der Waals surface area contributed by atoms with Crippen LogP contribution in [0.25, 0.3) is 0 Å². The number of hydrogen-bond acceptors (Lipinski definition) is 6. The third kappa shape index (κ3) is 4.88. The van der Waals surface area contributed by atoms with E-state index in [4.69, 9.17) is 4.74 Å². The maximum absolute atomic E-state index is 12.3. The lowest BCUT2D eigenvalue weighted by Crippen LogP contribution is -2.36. The number of thioether (sulfide) groups is 1. The number of unbranched alkanes of at least 4 members (excludes halogenated alkanes) is 1. The summed E-state index contributed by atoms with van der Waals surface area (Å²) in [6.45, 7) is 3.85. The van der Waals surface area contributed by atoms with Crippen LogP contribution in [0.4, 0.5) is 5.69 Å². The van der Waals surface area contributed by atoms with Gasteiger partial charge in [-0.15, -0.1) is 0 Å². The molecule has 1 fully saturated rings. The van der Waals surface area contributed by atoms with Gasteiger partial charge in [-0.1, -0.05) is 25.1 Å². The van der Waals surface area contributed by atoms with Crippen molar-refractivity contribution >= 4 is 40.4 Å². The molecule has 3 rings (SSSR count). The van der Waals surface area contributed by atoms with Crippen LogP contribution in [-0.4, -0.2) is 52.8 Å². The molecule has 144 valence electrons. The fourth-order valence-corrected chi connectivity index (χ4v) is 4.02. The SMILES string of the molecule is CCCCOC(=O)c1ccc(NC(=O)C[C@@H]2SC3=NCCCN3C2=O)cc1. The summed E-state index contributed by atoms with van der Waals surface area (Å²) >= 11 is 1.36. The van der Waals surface area contributed by atoms with Gasteiger partial charge in [-0.2, -0.15) is 0 Å². The third-order valence-electron chi connectivity index (χ3n) is 4.31. The molecule has 0 spiro atoms. The summed E-state index contributed by atoms with van der Waals surface area (Å²) in [5.74, 6) is -0.648. The standard InChI is InChI=1S/C19H23N3O4S/c1-2-3-11-26-18(25)13-5-7-14(8-6-13)21-16(23)12-15-17(24)22-10-4-9-20-19(22)27-15/h5-8,15H,2-4,9-12H2,1H3,(H,21,23)/t15-/m0/s1. The van der Waals surface area contributed by atoms with E-state index in [0.717, 1.165) is 31.0 Å². The third-order valence-corrected chi connectivity index (χ3v) is 5.53. The number of esters is 1. The van der Waals surface area contributed by atoms with Crippen LogP contribution in [0.15, 0.2) is 29.3 Å². The predicted octanol–water partition coefficient (Wildman–Crippen LogP) is 2.68. The average molecular weight is 389 g/mol. The van der Waals surface area contributed by atoms with E-state index in [1.54, 1.807) is 29.2 Å². The minimum absolute atomic E-state index is 0.0428. The quantitative estimate of drug-likeness (QED) is 0.572. The number of amidine groups is 1. The maximum Gasteiger partial charge on any atom is 0.338 e. The molecule has 1 aromatic rings. The lowest BCUT2D eigenvalue weighted by Gasteiger charge is -2.19. The number of fused-ring (bicyclic) bond motifs is 1. The number of benzene rings is 1. The van der Waals surface area contributed by atoms with Crippen LogP contribution in [0.5, 0.6) is 0 Å². The number of rotatable bonds is 7. The summed E-state index contributed by atoms with van der Waals surface area (Å²) in [7, 11) is 0. The van der Waals surface area contributed by atoms with Crippen molar-refractivity contribution in [2.45, 2.75) is 37.9 Å². The van der Waals surface area contributed by atoms with E-state index in [0.29, 0.717) is 24.4 Å². The van der Waals surface area contributed by atoms with E-state index in [1.165, 1.54) is 11.8 Å².